The molecule has 0 radical (unpaired) electrons. The molecule has 0 fully saturated rings. The molecule has 3 aromatic rings. The molecule has 0 unspecified atom stereocenters. The van der Waals surface area contributed by atoms with Gasteiger partial charge in [0.2, 0.25) is 0 Å². The number of nitrogens with zero attached hydrogens (tertiary/aromatic N) is 1. The fourth-order valence-electron chi connectivity index (χ4n) is 2.80. The molecule has 0 heterocycles. The van der Waals surface area contributed by atoms with Crippen molar-refractivity contribution in [2.24, 2.45) is 0 Å². The number of esters is 1. The summed E-state index contributed by atoms with van der Waals surface area (Å²) in [6.45, 7) is 2.11. The monoisotopic (exact) mass is 459 g/mol. The molecule has 0 spiro atoms. The zero-order chi connectivity index (χ0) is 18.5. The van der Waals surface area contributed by atoms with Crippen LogP contribution in [0.5, 0.6) is 0 Å². The van der Waals surface area contributed by atoms with E-state index in [1.165, 1.54) is 0 Å². The molecule has 3 aromatic carbocycles. The van der Waals surface area contributed by atoms with Gasteiger partial charge in [0.25, 0.3) is 5.91 Å². The van der Waals surface area contributed by atoms with Crippen LogP contribution in [-0.2, 0) is 9.53 Å². The van der Waals surface area contributed by atoms with Gasteiger partial charge in [-0.15, -0.1) is 0 Å². The lowest BCUT2D eigenvalue weighted by Gasteiger charge is -2.22. The number of rotatable bonds is 5. The SMILES string of the molecule is CCN(C(=O)COC(=O)c1ccc(I)cc1)c1cccc2ccccc12. The number of hydrogen-bond donors (Lipinski definition) is 0. The van der Waals surface area contributed by atoms with Crippen molar-refractivity contribution in [2.75, 3.05) is 18.1 Å². The van der Waals surface area contributed by atoms with E-state index in [1.807, 2.05) is 61.5 Å². The molecule has 0 bridgehead atoms. The van der Waals surface area contributed by atoms with Crippen LogP contribution in [0.2, 0.25) is 0 Å². The zero-order valence-corrected chi connectivity index (χ0v) is 16.5. The smallest absolute Gasteiger partial charge is 0.338 e. The van der Waals surface area contributed by atoms with Gasteiger partial charge in [0, 0.05) is 15.5 Å². The van der Waals surface area contributed by atoms with Gasteiger partial charge in [0.05, 0.1) is 11.3 Å². The minimum Gasteiger partial charge on any atom is -0.452 e. The quantitative estimate of drug-likeness (QED) is 0.412. The number of benzene rings is 3. The molecule has 0 aromatic heterocycles. The number of anilines is 1. The fraction of sp³-hybridized carbons (Fsp3) is 0.143. The van der Waals surface area contributed by atoms with Crippen molar-refractivity contribution in [3.05, 3.63) is 75.9 Å². The van der Waals surface area contributed by atoms with E-state index in [-0.39, 0.29) is 12.5 Å². The molecule has 5 heteroatoms. The first kappa shape index (κ1) is 18.4. The van der Waals surface area contributed by atoms with E-state index in [2.05, 4.69) is 22.6 Å². The number of hydrogen-bond acceptors (Lipinski definition) is 3. The average molecular weight is 459 g/mol. The molecule has 0 saturated carbocycles. The lowest BCUT2D eigenvalue weighted by molar-refractivity contribution is -0.121. The highest BCUT2D eigenvalue weighted by Gasteiger charge is 2.18. The average Bonchev–Trinajstić information content (AvgIpc) is 2.67. The summed E-state index contributed by atoms with van der Waals surface area (Å²) in [5, 5.41) is 2.06. The minimum atomic E-state index is -0.497. The number of amides is 1. The maximum Gasteiger partial charge on any atom is 0.338 e. The van der Waals surface area contributed by atoms with Gasteiger partial charge in [-0.1, -0.05) is 36.4 Å². The number of fused-ring (bicyclic) bond motifs is 1. The van der Waals surface area contributed by atoms with Gasteiger partial charge in [-0.2, -0.15) is 0 Å². The van der Waals surface area contributed by atoms with Gasteiger partial charge in [-0.25, -0.2) is 4.79 Å². The minimum absolute atomic E-state index is 0.247. The van der Waals surface area contributed by atoms with Gasteiger partial charge in [0.1, 0.15) is 0 Å². The van der Waals surface area contributed by atoms with E-state index in [0.29, 0.717) is 12.1 Å². The second-order valence-electron chi connectivity index (χ2n) is 5.72. The van der Waals surface area contributed by atoms with Crippen LogP contribution in [0.15, 0.2) is 66.7 Å². The van der Waals surface area contributed by atoms with Crippen LogP contribution in [-0.4, -0.2) is 25.0 Å². The van der Waals surface area contributed by atoms with Crippen LogP contribution in [0.4, 0.5) is 5.69 Å². The van der Waals surface area contributed by atoms with E-state index in [0.717, 1.165) is 20.0 Å². The van der Waals surface area contributed by atoms with Gasteiger partial charge in [0.15, 0.2) is 6.61 Å². The highest BCUT2D eigenvalue weighted by Crippen LogP contribution is 2.26. The van der Waals surface area contributed by atoms with E-state index >= 15 is 0 Å². The summed E-state index contributed by atoms with van der Waals surface area (Å²) < 4.78 is 6.24. The molecule has 0 saturated heterocycles. The second-order valence-corrected chi connectivity index (χ2v) is 6.96. The van der Waals surface area contributed by atoms with Gasteiger partial charge in [-0.3, -0.25) is 4.79 Å². The fourth-order valence-corrected chi connectivity index (χ4v) is 3.16. The first-order chi connectivity index (χ1) is 12.6. The third-order valence-corrected chi connectivity index (χ3v) is 4.80. The maximum atomic E-state index is 12.7. The maximum absolute atomic E-state index is 12.7. The highest BCUT2D eigenvalue weighted by molar-refractivity contribution is 14.1. The Labute approximate surface area is 165 Å². The molecule has 0 aliphatic carbocycles. The van der Waals surface area contributed by atoms with Crippen molar-refractivity contribution in [1.82, 2.24) is 0 Å². The van der Waals surface area contributed by atoms with Crippen LogP contribution < -0.4 is 4.90 Å². The normalized spacial score (nSPS) is 10.5. The topological polar surface area (TPSA) is 46.6 Å². The van der Waals surface area contributed by atoms with E-state index in [4.69, 9.17) is 4.74 Å². The summed E-state index contributed by atoms with van der Waals surface area (Å²) in [7, 11) is 0. The number of carbonyl (C=O) groups excluding carboxylic acids is 2. The Morgan fingerprint density at radius 2 is 1.65 bits per heavy atom. The molecule has 0 N–H and O–H groups in total. The summed E-state index contributed by atoms with van der Waals surface area (Å²) in [4.78, 5) is 26.4. The molecule has 132 valence electrons. The van der Waals surface area contributed by atoms with Crippen LogP contribution >= 0.6 is 22.6 Å². The number of ether oxygens (including phenoxy) is 1. The number of likely N-dealkylation sites (N-methyl/N-ethyl adjacent to an activating group) is 1. The van der Waals surface area contributed by atoms with Crippen molar-refractivity contribution in [3.8, 4) is 0 Å². The van der Waals surface area contributed by atoms with Gasteiger partial charge >= 0.3 is 5.97 Å². The molecule has 1 amide bonds. The number of carbonyl (C=O) groups is 2. The van der Waals surface area contributed by atoms with Crippen molar-refractivity contribution in [3.63, 3.8) is 0 Å². The Hall–Kier alpha value is -2.41. The van der Waals surface area contributed by atoms with E-state index in [1.54, 1.807) is 17.0 Å². The van der Waals surface area contributed by atoms with Gasteiger partial charge < -0.3 is 9.64 Å². The molecule has 0 aliphatic heterocycles. The standard InChI is InChI=1S/C21H18INO3/c1-2-23(19-9-5-7-15-6-3-4-8-18(15)19)20(24)14-26-21(25)16-10-12-17(22)13-11-16/h3-13H,2,14H2,1H3. The lowest BCUT2D eigenvalue weighted by Crippen LogP contribution is -2.34. The lowest BCUT2D eigenvalue weighted by atomic mass is 10.1. The summed E-state index contributed by atoms with van der Waals surface area (Å²) >= 11 is 2.17. The predicted molar refractivity (Wildman–Crippen MR) is 111 cm³/mol. The zero-order valence-electron chi connectivity index (χ0n) is 14.3. The third kappa shape index (κ3) is 4.04. The second kappa shape index (κ2) is 8.31. The Morgan fingerprint density at radius 1 is 0.962 bits per heavy atom. The molecule has 0 atom stereocenters. The Bertz CT molecular complexity index is 932. The van der Waals surface area contributed by atoms with Crippen LogP contribution in [0.25, 0.3) is 10.8 Å². The molecular formula is C21H18INO3. The van der Waals surface area contributed by atoms with Crippen molar-refractivity contribution in [2.45, 2.75) is 6.92 Å². The molecule has 3 rings (SSSR count). The molecular weight excluding hydrogens is 441 g/mol. The summed E-state index contributed by atoms with van der Waals surface area (Å²) in [6.07, 6.45) is 0. The van der Waals surface area contributed by atoms with Crippen LogP contribution in [0.1, 0.15) is 17.3 Å². The summed E-state index contributed by atoms with van der Waals surface area (Å²) in [5.74, 6) is -0.744. The Kier molecular flexibility index (Phi) is 5.88. The molecule has 4 nitrogen and oxygen atoms in total. The highest BCUT2D eigenvalue weighted by atomic mass is 127. The first-order valence-electron chi connectivity index (χ1n) is 8.31. The molecule has 26 heavy (non-hydrogen) atoms. The third-order valence-electron chi connectivity index (χ3n) is 4.08. The largest absolute Gasteiger partial charge is 0.452 e. The summed E-state index contributed by atoms with van der Waals surface area (Å²) in [5.41, 5.74) is 1.26. The van der Waals surface area contributed by atoms with Crippen LogP contribution in [0.3, 0.4) is 0 Å². The van der Waals surface area contributed by atoms with Crippen LogP contribution in [0, 0.1) is 3.57 Å². The Balaban J connectivity index is 1.74. The Morgan fingerprint density at radius 3 is 2.38 bits per heavy atom. The van der Waals surface area contributed by atoms with E-state index in [9.17, 15) is 9.59 Å². The van der Waals surface area contributed by atoms with Gasteiger partial charge in [-0.05, 0) is 65.2 Å². The van der Waals surface area contributed by atoms with E-state index < -0.39 is 5.97 Å². The predicted octanol–water partition coefficient (Wildman–Crippen LogP) is 4.65. The van der Waals surface area contributed by atoms with Crippen molar-refractivity contribution >= 4 is 50.9 Å². The van der Waals surface area contributed by atoms with Crippen molar-refractivity contribution in [1.29, 1.82) is 0 Å². The van der Waals surface area contributed by atoms with Crippen molar-refractivity contribution < 1.29 is 14.3 Å². The first-order valence-corrected chi connectivity index (χ1v) is 9.39. The molecule has 0 aliphatic rings. The number of halogens is 1. The summed E-state index contributed by atoms with van der Waals surface area (Å²) in [6, 6.07) is 20.8.